The van der Waals surface area contributed by atoms with E-state index >= 15 is 0 Å². The third-order valence-electron chi connectivity index (χ3n) is 23.2. The molecule has 12 aromatic carbocycles. The molecule has 0 saturated carbocycles. The molecule has 5 amide bonds. The van der Waals surface area contributed by atoms with Crippen LogP contribution in [0.25, 0.3) is 10.8 Å². The highest BCUT2D eigenvalue weighted by Gasteiger charge is 2.60. The van der Waals surface area contributed by atoms with Crippen LogP contribution in [0.5, 0.6) is 0 Å². The van der Waals surface area contributed by atoms with Crippen molar-refractivity contribution in [2.45, 2.75) is 72.1 Å². The molecule has 1 aliphatic carbocycles. The molecule has 630 valence electrons. The lowest BCUT2D eigenvalue weighted by atomic mass is 9.98. The Morgan fingerprint density at radius 2 is 0.730 bits per heavy atom. The van der Waals surface area contributed by atoms with Crippen molar-refractivity contribution in [2.24, 2.45) is 31.4 Å². The quantitative estimate of drug-likeness (QED) is 0.0859. The lowest BCUT2D eigenvalue weighted by Crippen LogP contribution is -2.44. The highest BCUT2D eigenvalue weighted by Crippen LogP contribution is 2.56. The van der Waals surface area contributed by atoms with Gasteiger partial charge in [0, 0.05) is 82.7 Å². The van der Waals surface area contributed by atoms with Crippen LogP contribution in [-0.2, 0) is 61.4 Å². The molecule has 10 heterocycles. The number of likely N-dealkylation sites (N-methyl/N-ethyl adjacent to an activating group) is 3. The van der Waals surface area contributed by atoms with E-state index in [1.54, 1.807) is 33.5 Å². The number of allylic oxidation sites excluding steroid dienone is 4. The summed E-state index contributed by atoms with van der Waals surface area (Å²) in [5, 5.41) is 29.8. The van der Waals surface area contributed by atoms with Crippen LogP contribution in [0.15, 0.2) is 353 Å². The van der Waals surface area contributed by atoms with Gasteiger partial charge in [-0.2, -0.15) is 25.5 Å². The second-order valence-electron chi connectivity index (χ2n) is 30.9. The molecule has 0 bridgehead atoms. The topological polar surface area (TPSA) is 224 Å². The largest absolute Gasteiger partial charge is 0.312 e. The van der Waals surface area contributed by atoms with Gasteiger partial charge in [0.25, 0.3) is 29.5 Å². The van der Waals surface area contributed by atoms with Gasteiger partial charge in [0.2, 0.25) is 24.4 Å². The molecule has 5 spiro atoms. The Balaban J connectivity index is 0.000000112. The highest BCUT2D eigenvalue weighted by atomic mass is 35.5. The monoisotopic (exact) mass is 1770 g/mol. The summed E-state index contributed by atoms with van der Waals surface area (Å²) in [5.74, 6) is 0.565. The zero-order chi connectivity index (χ0) is 84.9. The molecule has 23 rings (SSSR count). The molecule has 126 heavy (non-hydrogen) atoms. The maximum atomic E-state index is 13.9. The number of nitrogens with one attached hydrogen (secondary N) is 5. The van der Waals surface area contributed by atoms with E-state index in [9.17, 15) is 24.0 Å². The second-order valence-corrected chi connectivity index (χ2v) is 37.4. The van der Waals surface area contributed by atoms with Crippen LogP contribution < -0.4 is 51.6 Å². The third-order valence-corrected chi connectivity index (χ3v) is 29.9. The minimum atomic E-state index is -0.924. The number of nitrogens with zero attached hydrogens (tertiary/aromatic N) is 10. The van der Waals surface area contributed by atoms with Crippen molar-refractivity contribution in [3.05, 3.63) is 399 Å². The van der Waals surface area contributed by atoms with Crippen LogP contribution in [0.2, 0.25) is 5.02 Å². The first-order valence-corrected chi connectivity index (χ1v) is 44.9. The molecule has 0 aromatic heterocycles. The number of rotatable bonds is 10. The van der Waals surface area contributed by atoms with E-state index in [4.69, 9.17) is 11.6 Å². The lowest BCUT2D eigenvalue weighted by molar-refractivity contribution is -0.121. The van der Waals surface area contributed by atoms with E-state index in [2.05, 4.69) is 113 Å². The summed E-state index contributed by atoms with van der Waals surface area (Å²) >= 11 is 13.5. The summed E-state index contributed by atoms with van der Waals surface area (Å²) in [6.45, 7) is 3.04. The van der Waals surface area contributed by atoms with Crippen LogP contribution in [0.4, 0.5) is 28.4 Å². The Morgan fingerprint density at radius 1 is 0.365 bits per heavy atom. The number of halogens is 1. The third kappa shape index (κ3) is 15.2. The minimum Gasteiger partial charge on any atom is -0.312 e. The number of aryl methyl sites for hydroxylation is 1. The molecule has 26 heteroatoms. The molecule has 0 saturated heterocycles. The highest BCUT2D eigenvalue weighted by molar-refractivity contribution is 8.17. The standard InChI is InChI=1S/C26H19N3OS.C22H16ClN3OS.C17H15N3OS.C17H17N3OS.C16H13N3OS.2CH4/c30-25-26(28-27-24(31-26)19-10-2-1-3-11-19)22-15-6-7-16-23(22)29(25)17-20-13-8-12-18-9-4-5-14-21(18)20;23-17-12-10-15(11-13-17)14-26-19-9-5-4-8-18(19)22(21(26)27)25-24-20(28-22)16-6-2-1-3-7-16;1-11-8-9-14-13(10-11)17(16(21)20(14)2)19-18-15(22-17)12-6-4-3-5-7-12;1-20-14-10-6-5-9-13(14)17(16(20)21)19-18-15(22-17)11-12-7-3-2-4-8-12;1-19-13-10-6-5-9-12(13)16(15(19)20)18-17-14(21-16)11-7-3-2-4-8-11;;/h1-16,28H,17H2;1-13,25H,14H2;3-10,19H,1-2H3;2-7,9-10,12,19H,8,11H2,1H3;2-10,18H,1H3;2*1H4. The van der Waals surface area contributed by atoms with E-state index < -0.39 is 24.4 Å². The summed E-state index contributed by atoms with van der Waals surface area (Å²) in [6.07, 6.45) is 10.5. The van der Waals surface area contributed by atoms with E-state index in [1.807, 2.05) is 298 Å². The molecular weight excluding hydrogens is 1690 g/mol. The fourth-order valence-electron chi connectivity index (χ4n) is 16.9. The summed E-state index contributed by atoms with van der Waals surface area (Å²) in [6, 6.07) is 99.7. The smallest absolute Gasteiger partial charge is 0.270 e. The number of thioether (sulfide) groups is 5. The van der Waals surface area contributed by atoms with Crippen molar-refractivity contribution in [1.29, 1.82) is 0 Å². The van der Waals surface area contributed by atoms with Gasteiger partial charge < -0.3 is 24.5 Å². The van der Waals surface area contributed by atoms with Crippen molar-refractivity contribution in [2.75, 3.05) is 45.6 Å². The first kappa shape index (κ1) is 85.3. The Labute approximate surface area is 758 Å². The molecule has 20 nitrogen and oxygen atoms in total. The maximum absolute atomic E-state index is 13.9. The van der Waals surface area contributed by atoms with E-state index in [0.717, 1.165) is 133 Å². The fourth-order valence-corrected chi connectivity index (χ4v) is 23.2. The Morgan fingerprint density at radius 3 is 1.18 bits per heavy atom. The number of carbonyl (C=O) groups is 5. The van der Waals surface area contributed by atoms with Crippen LogP contribution in [0.1, 0.15) is 94.5 Å². The normalized spacial score (nSPS) is 22.2. The maximum Gasteiger partial charge on any atom is 0.270 e. The van der Waals surface area contributed by atoms with Gasteiger partial charge in [-0.1, -0.05) is 376 Å². The Bertz CT molecular complexity index is 6500. The molecule has 6 unspecified atom stereocenters. The fraction of sp³-hybridized carbons (Fsp3) is 0.160. The zero-order valence-electron chi connectivity index (χ0n) is 67.5. The predicted octanol–water partition coefficient (Wildman–Crippen LogP) is 19.6. The average molecular weight is 1780 g/mol. The molecular formula is C100H88ClN15O5S5. The van der Waals surface area contributed by atoms with Crippen molar-refractivity contribution in [3.8, 4) is 0 Å². The number of carbonyl (C=O) groups excluding carboxylic acids is 5. The molecule has 0 fully saturated rings. The molecule has 10 aliphatic heterocycles. The van der Waals surface area contributed by atoms with Crippen LogP contribution >= 0.6 is 70.4 Å². The van der Waals surface area contributed by atoms with Gasteiger partial charge in [-0.25, -0.2) is 0 Å². The zero-order valence-corrected chi connectivity index (χ0v) is 72.4. The van der Waals surface area contributed by atoms with Gasteiger partial charge in [-0.3, -0.25) is 51.1 Å². The van der Waals surface area contributed by atoms with Crippen LogP contribution in [0.3, 0.4) is 0 Å². The average Bonchev–Trinajstić information content (AvgIpc) is 1.59. The number of hydrogen-bond acceptors (Lipinski definition) is 20. The Hall–Kier alpha value is -12.9. The van der Waals surface area contributed by atoms with Crippen LogP contribution in [-0.4, -0.2) is 75.9 Å². The molecule has 5 N–H and O–H groups in total. The lowest BCUT2D eigenvalue weighted by Gasteiger charge is -2.23. The summed E-state index contributed by atoms with van der Waals surface area (Å²) in [7, 11) is 5.44. The van der Waals surface area contributed by atoms with Crippen molar-refractivity contribution in [3.63, 3.8) is 0 Å². The number of anilines is 5. The second kappa shape index (κ2) is 35.3. The van der Waals surface area contributed by atoms with Crippen molar-refractivity contribution in [1.82, 2.24) is 27.1 Å². The van der Waals surface area contributed by atoms with Gasteiger partial charge in [-0.05, 0) is 83.6 Å². The molecule has 0 radical (unpaired) electrons. The van der Waals surface area contributed by atoms with E-state index in [1.165, 1.54) is 57.8 Å². The van der Waals surface area contributed by atoms with Crippen molar-refractivity contribution < 1.29 is 24.0 Å². The minimum absolute atomic E-state index is 0. The number of para-hydroxylation sites is 4. The molecule has 12 aromatic rings. The SMILES string of the molecule is C.C.CN1C(=O)C2(NN=C(CC3C=CC=CC3)S2)c2ccccc21.CN1C(=O)C2(NN=C(c3ccccc3)S2)c2ccccc21.Cc1ccc2c(c1)C1(NN=C(c3ccccc3)S1)C(=O)N2C.O=C1N(Cc2ccc(Cl)cc2)c2ccccc2C12NN=C(c1ccccc1)S2.O=C1N(Cc2cccc3ccccc23)c2ccccc2C12NN=C(c1ccccc1)S2. The summed E-state index contributed by atoms with van der Waals surface area (Å²) in [5.41, 5.74) is 32.5. The van der Waals surface area contributed by atoms with Gasteiger partial charge in [-0.15, -0.1) is 0 Å². The van der Waals surface area contributed by atoms with E-state index in [-0.39, 0.29) is 44.4 Å². The number of amides is 5. The van der Waals surface area contributed by atoms with Gasteiger partial charge >= 0.3 is 0 Å². The Kier molecular flexibility index (Phi) is 23.9. The predicted molar refractivity (Wildman–Crippen MR) is 521 cm³/mol. The summed E-state index contributed by atoms with van der Waals surface area (Å²) in [4.78, 5) is 70.4. The van der Waals surface area contributed by atoms with Gasteiger partial charge in [0.1, 0.15) is 20.2 Å². The first-order valence-electron chi connectivity index (χ1n) is 40.4. The first-order chi connectivity index (χ1) is 60.5. The number of fused-ring (bicyclic) bond motifs is 11. The number of hydrazone groups is 5. The summed E-state index contributed by atoms with van der Waals surface area (Å²) < 4.78 is 0. The van der Waals surface area contributed by atoms with Gasteiger partial charge in [0.15, 0.2) is 0 Å². The number of benzene rings is 12. The molecule has 6 atom stereocenters. The van der Waals surface area contributed by atoms with Crippen molar-refractivity contribution >= 4 is 164 Å². The van der Waals surface area contributed by atoms with Gasteiger partial charge in [0.05, 0.1) is 46.6 Å². The molecule has 11 aliphatic rings. The number of hydrogen-bond donors (Lipinski definition) is 5. The van der Waals surface area contributed by atoms with Crippen LogP contribution in [0, 0.1) is 12.8 Å². The van der Waals surface area contributed by atoms with E-state index in [0.29, 0.717) is 24.0 Å².